The van der Waals surface area contributed by atoms with E-state index in [0.29, 0.717) is 30.1 Å². The van der Waals surface area contributed by atoms with Crippen LogP contribution < -0.4 is 0 Å². The summed E-state index contributed by atoms with van der Waals surface area (Å²) < 4.78 is 16.4. The predicted molar refractivity (Wildman–Crippen MR) is 167 cm³/mol. The molecule has 5 rings (SSSR count). The minimum absolute atomic E-state index is 0.0158. The number of esters is 3. The minimum atomic E-state index is -0.378. The molecule has 4 fully saturated rings. The molecule has 43 heavy (non-hydrogen) atoms. The highest BCUT2D eigenvalue weighted by Gasteiger charge is 2.69. The third-order valence-corrected chi connectivity index (χ3v) is 14.8. The second kappa shape index (κ2) is 11.2. The fourth-order valence-corrected chi connectivity index (χ4v) is 11.9. The molecule has 0 spiro atoms. The highest BCUT2D eigenvalue weighted by atomic mass is 16.5. The lowest BCUT2D eigenvalue weighted by atomic mass is 9.33. The number of hydrogen-bond donors (Lipinski definition) is 0. The standard InChI is InChI=1S/C37H58O6/c1-23-15-20-37(32(40)42-9)22-21-35(6)25(31(37)24(23)2)13-14-27-34(5)18-17-28(43-30(39)12-10-11-29(38)41-8)33(3,4)26(34)16-19-36(27,35)7/h13,23-24,26-28,31H,10-12,14-22H2,1-9H3/t23-,24+,26?,27?,28+,31?,34+,35-,36-,37+/m1/s1. The van der Waals surface area contributed by atoms with Crippen LogP contribution in [0.1, 0.15) is 126 Å². The maximum absolute atomic E-state index is 13.5. The first kappa shape index (κ1) is 32.5. The molecule has 0 amide bonds. The van der Waals surface area contributed by atoms with E-state index in [1.54, 1.807) is 12.7 Å². The van der Waals surface area contributed by atoms with Crippen LogP contribution in [0.3, 0.4) is 0 Å². The maximum Gasteiger partial charge on any atom is 0.312 e. The highest BCUT2D eigenvalue weighted by molar-refractivity contribution is 5.78. The van der Waals surface area contributed by atoms with Crippen LogP contribution in [-0.2, 0) is 28.6 Å². The molecule has 6 nitrogen and oxygen atoms in total. The Morgan fingerprint density at radius 1 is 0.814 bits per heavy atom. The van der Waals surface area contributed by atoms with E-state index < -0.39 is 0 Å². The lowest BCUT2D eigenvalue weighted by Crippen LogP contribution is -2.65. The van der Waals surface area contributed by atoms with E-state index in [0.717, 1.165) is 57.8 Å². The van der Waals surface area contributed by atoms with Crippen LogP contribution in [0.5, 0.6) is 0 Å². The zero-order chi connectivity index (χ0) is 31.6. The molecular weight excluding hydrogens is 540 g/mol. The van der Waals surface area contributed by atoms with Crippen molar-refractivity contribution in [1.29, 1.82) is 0 Å². The Labute approximate surface area is 260 Å². The predicted octanol–water partition coefficient (Wildman–Crippen LogP) is 8.07. The second-order valence-electron chi connectivity index (χ2n) is 16.6. The average Bonchev–Trinajstić information content (AvgIpc) is 2.96. The SMILES string of the molecule is COC(=O)CCCC(=O)O[C@H]1CC[C@@]2(C)C(CC[C@]3(C)C2CC=C2C4[C@@H](C)[C@H](C)CC[C@]4(C(=O)OC)CC[C@]23C)C1(C)C. The number of carbonyl (C=O) groups is 3. The number of fused-ring (bicyclic) bond motifs is 7. The summed E-state index contributed by atoms with van der Waals surface area (Å²) in [5.41, 5.74) is 1.42. The largest absolute Gasteiger partial charge is 0.469 e. The molecule has 3 unspecified atom stereocenters. The van der Waals surface area contributed by atoms with Crippen LogP contribution in [0.2, 0.25) is 0 Å². The smallest absolute Gasteiger partial charge is 0.312 e. The number of rotatable bonds is 6. The van der Waals surface area contributed by atoms with Crippen LogP contribution in [-0.4, -0.2) is 38.2 Å². The van der Waals surface area contributed by atoms with Crippen molar-refractivity contribution in [1.82, 2.24) is 0 Å². The van der Waals surface area contributed by atoms with Crippen LogP contribution in [0.15, 0.2) is 11.6 Å². The first-order chi connectivity index (χ1) is 20.1. The molecule has 4 saturated carbocycles. The van der Waals surface area contributed by atoms with Gasteiger partial charge in [-0.15, -0.1) is 0 Å². The van der Waals surface area contributed by atoms with Gasteiger partial charge in [-0.2, -0.15) is 0 Å². The zero-order valence-electron chi connectivity index (χ0n) is 28.5. The maximum atomic E-state index is 13.5. The Balaban J connectivity index is 1.42. The minimum Gasteiger partial charge on any atom is -0.469 e. The monoisotopic (exact) mass is 598 g/mol. The van der Waals surface area contributed by atoms with Crippen molar-refractivity contribution < 1.29 is 28.6 Å². The molecule has 5 aliphatic carbocycles. The van der Waals surface area contributed by atoms with Crippen molar-refractivity contribution in [3.63, 3.8) is 0 Å². The first-order valence-electron chi connectivity index (χ1n) is 17.2. The fourth-order valence-electron chi connectivity index (χ4n) is 11.9. The van der Waals surface area contributed by atoms with Crippen molar-refractivity contribution >= 4 is 17.9 Å². The van der Waals surface area contributed by atoms with Crippen LogP contribution in [0.4, 0.5) is 0 Å². The molecule has 0 aromatic heterocycles. The van der Waals surface area contributed by atoms with Gasteiger partial charge in [0, 0.05) is 18.3 Å². The van der Waals surface area contributed by atoms with Crippen molar-refractivity contribution in [3.05, 3.63) is 11.6 Å². The molecule has 6 heteroatoms. The lowest BCUT2D eigenvalue weighted by molar-refractivity contribution is -0.215. The fraction of sp³-hybridized carbons (Fsp3) is 0.865. The number of hydrogen-bond acceptors (Lipinski definition) is 6. The molecule has 0 aromatic rings. The van der Waals surface area contributed by atoms with Gasteiger partial charge in [0.05, 0.1) is 19.6 Å². The van der Waals surface area contributed by atoms with E-state index in [2.05, 4.69) is 54.5 Å². The second-order valence-corrected chi connectivity index (χ2v) is 16.6. The average molecular weight is 599 g/mol. The summed E-state index contributed by atoms with van der Waals surface area (Å²) in [6.45, 7) is 17.1. The Morgan fingerprint density at radius 2 is 1.51 bits per heavy atom. The summed E-state index contributed by atoms with van der Waals surface area (Å²) in [4.78, 5) is 37.9. The van der Waals surface area contributed by atoms with Crippen molar-refractivity contribution in [3.8, 4) is 0 Å². The van der Waals surface area contributed by atoms with Crippen LogP contribution in [0, 0.1) is 56.7 Å². The van der Waals surface area contributed by atoms with Crippen molar-refractivity contribution in [2.45, 2.75) is 132 Å². The van der Waals surface area contributed by atoms with Gasteiger partial charge < -0.3 is 14.2 Å². The molecule has 5 aliphatic rings. The summed E-state index contributed by atoms with van der Waals surface area (Å²) >= 11 is 0. The summed E-state index contributed by atoms with van der Waals surface area (Å²) in [7, 11) is 2.96. The summed E-state index contributed by atoms with van der Waals surface area (Å²) in [6, 6.07) is 0. The van der Waals surface area contributed by atoms with Gasteiger partial charge in [-0.05, 0) is 110 Å². The van der Waals surface area contributed by atoms with E-state index in [4.69, 9.17) is 14.2 Å². The van der Waals surface area contributed by atoms with Gasteiger partial charge in [-0.1, -0.05) is 60.1 Å². The molecule has 0 aliphatic heterocycles. The lowest BCUT2D eigenvalue weighted by Gasteiger charge is -2.71. The summed E-state index contributed by atoms with van der Waals surface area (Å²) in [6.07, 6.45) is 12.8. The molecule has 0 N–H and O–H groups in total. The van der Waals surface area contributed by atoms with Gasteiger partial charge in [0.2, 0.25) is 0 Å². The van der Waals surface area contributed by atoms with Gasteiger partial charge >= 0.3 is 17.9 Å². The number of ether oxygens (including phenoxy) is 3. The van der Waals surface area contributed by atoms with Crippen molar-refractivity contribution in [2.75, 3.05) is 14.2 Å². The Kier molecular flexibility index (Phi) is 8.47. The number of methoxy groups -OCH3 is 2. The van der Waals surface area contributed by atoms with E-state index in [9.17, 15) is 14.4 Å². The molecule has 0 aromatic carbocycles. The normalized spacial score (nSPS) is 44.8. The van der Waals surface area contributed by atoms with E-state index >= 15 is 0 Å². The number of carbonyl (C=O) groups excluding carboxylic acids is 3. The Morgan fingerprint density at radius 3 is 2.19 bits per heavy atom. The van der Waals surface area contributed by atoms with Crippen molar-refractivity contribution in [2.24, 2.45) is 56.7 Å². The van der Waals surface area contributed by atoms with Gasteiger partial charge in [0.1, 0.15) is 6.10 Å². The van der Waals surface area contributed by atoms with Crippen LogP contribution in [0.25, 0.3) is 0 Å². The Bertz CT molecular complexity index is 1160. The molecule has 0 saturated heterocycles. The molecule has 242 valence electrons. The quantitative estimate of drug-likeness (QED) is 0.175. The molecule has 10 atom stereocenters. The van der Waals surface area contributed by atoms with Crippen LogP contribution >= 0.6 is 0 Å². The zero-order valence-corrected chi connectivity index (χ0v) is 28.5. The first-order valence-corrected chi connectivity index (χ1v) is 17.2. The number of allylic oxidation sites excluding steroid dienone is 2. The third-order valence-electron chi connectivity index (χ3n) is 14.8. The molecular formula is C37H58O6. The summed E-state index contributed by atoms with van der Waals surface area (Å²) in [5.74, 6) is 1.86. The Hall–Kier alpha value is -1.85. The van der Waals surface area contributed by atoms with Gasteiger partial charge in [0.15, 0.2) is 0 Å². The van der Waals surface area contributed by atoms with Gasteiger partial charge in [0.25, 0.3) is 0 Å². The third kappa shape index (κ3) is 4.73. The van der Waals surface area contributed by atoms with E-state index in [1.807, 2.05) is 0 Å². The summed E-state index contributed by atoms with van der Waals surface area (Å²) in [5, 5.41) is 0. The van der Waals surface area contributed by atoms with E-state index in [-0.39, 0.29) is 69.8 Å². The highest BCUT2D eigenvalue weighted by Crippen LogP contribution is 2.76. The molecule has 0 heterocycles. The molecule has 0 bridgehead atoms. The topological polar surface area (TPSA) is 78.9 Å². The van der Waals surface area contributed by atoms with Gasteiger partial charge in [-0.25, -0.2) is 0 Å². The van der Waals surface area contributed by atoms with Gasteiger partial charge in [-0.3, -0.25) is 14.4 Å². The van der Waals surface area contributed by atoms with E-state index in [1.165, 1.54) is 7.11 Å². The molecule has 0 radical (unpaired) electrons.